The van der Waals surface area contributed by atoms with E-state index in [4.69, 9.17) is 0 Å². The largest absolute Gasteiger partial charge is 0.309 e. The summed E-state index contributed by atoms with van der Waals surface area (Å²) in [6.07, 6.45) is 15.8. The molecule has 6 rings (SSSR count). The van der Waals surface area contributed by atoms with Gasteiger partial charge in [0.25, 0.3) is 0 Å². The summed E-state index contributed by atoms with van der Waals surface area (Å²) in [6, 6.07) is 26.1. The second-order valence-corrected chi connectivity index (χ2v) is 10.8. The molecule has 3 heteroatoms. The zero-order chi connectivity index (χ0) is 24.6. The Morgan fingerprint density at radius 3 is 2.14 bits per heavy atom. The standard InChI is InChI=1S/C33H23Br2N/c1-22(8-7-11-23-9-3-2-4-10-23)26-16-19-31(28-13-6-5-12-27(26)28)36-32-17-14-24(34)20-29(32)30-21-25(35)15-18-33(30)36/h2-9,11-21H,1,10H2/b8-7-,23-11-. The molecular formula is C33H23Br2N. The average molecular weight is 593 g/mol. The van der Waals surface area contributed by atoms with Crippen molar-refractivity contribution in [1.29, 1.82) is 0 Å². The van der Waals surface area contributed by atoms with E-state index in [2.05, 4.69) is 158 Å². The minimum atomic E-state index is 0.969. The molecule has 0 amide bonds. The highest BCUT2D eigenvalue weighted by molar-refractivity contribution is 9.10. The van der Waals surface area contributed by atoms with Gasteiger partial charge in [-0.25, -0.2) is 0 Å². The number of fused-ring (bicyclic) bond motifs is 4. The number of rotatable bonds is 4. The third-order valence-corrected chi connectivity index (χ3v) is 7.68. The molecule has 1 aromatic heterocycles. The van der Waals surface area contributed by atoms with Gasteiger partial charge < -0.3 is 4.57 Å². The van der Waals surface area contributed by atoms with Gasteiger partial charge in [0.15, 0.2) is 0 Å². The van der Waals surface area contributed by atoms with E-state index in [1.54, 1.807) is 0 Å². The van der Waals surface area contributed by atoms with Crippen LogP contribution in [-0.2, 0) is 0 Å². The molecule has 4 aromatic carbocycles. The maximum Gasteiger partial charge on any atom is 0.0542 e. The number of halogens is 2. The summed E-state index contributed by atoms with van der Waals surface area (Å²) in [5, 5.41) is 4.84. The van der Waals surface area contributed by atoms with Crippen molar-refractivity contribution in [2.45, 2.75) is 6.42 Å². The Morgan fingerprint density at radius 2 is 1.47 bits per heavy atom. The SMILES string of the molecule is C=C(/C=C\C=C1\C=CC=CC1)c1ccc(-n2c3ccc(Br)cc3c3cc(Br)ccc32)c2ccccc12. The number of allylic oxidation sites excluding steroid dienone is 9. The zero-order valence-corrected chi connectivity index (χ0v) is 22.8. The lowest BCUT2D eigenvalue weighted by atomic mass is 9.97. The molecule has 0 saturated carbocycles. The van der Waals surface area contributed by atoms with E-state index in [0.717, 1.165) is 32.2 Å². The van der Waals surface area contributed by atoms with Gasteiger partial charge in [0.2, 0.25) is 0 Å². The van der Waals surface area contributed by atoms with Gasteiger partial charge in [-0.15, -0.1) is 0 Å². The second kappa shape index (κ2) is 9.57. The minimum Gasteiger partial charge on any atom is -0.309 e. The van der Waals surface area contributed by atoms with Gasteiger partial charge in [-0.1, -0.05) is 111 Å². The first-order valence-electron chi connectivity index (χ1n) is 11.9. The van der Waals surface area contributed by atoms with Gasteiger partial charge in [-0.3, -0.25) is 0 Å². The highest BCUT2D eigenvalue weighted by Gasteiger charge is 2.16. The van der Waals surface area contributed by atoms with Crippen LogP contribution in [0.25, 0.3) is 43.8 Å². The lowest BCUT2D eigenvalue weighted by molar-refractivity contribution is 1.20. The molecule has 0 atom stereocenters. The molecule has 0 bridgehead atoms. The molecule has 0 spiro atoms. The van der Waals surface area contributed by atoms with E-state index in [1.165, 1.54) is 38.2 Å². The Hall–Kier alpha value is -3.40. The molecule has 0 unspecified atom stereocenters. The van der Waals surface area contributed by atoms with E-state index in [9.17, 15) is 0 Å². The van der Waals surface area contributed by atoms with Crippen LogP contribution in [0, 0.1) is 0 Å². The first-order chi connectivity index (χ1) is 17.6. The molecule has 174 valence electrons. The first kappa shape index (κ1) is 23.0. The van der Waals surface area contributed by atoms with Crippen LogP contribution in [0.4, 0.5) is 0 Å². The lowest BCUT2D eigenvalue weighted by Crippen LogP contribution is -1.97. The minimum absolute atomic E-state index is 0.969. The van der Waals surface area contributed by atoms with Crippen molar-refractivity contribution >= 4 is 70.0 Å². The normalized spacial score (nSPS) is 14.7. The van der Waals surface area contributed by atoms with Gasteiger partial charge in [0.05, 0.1) is 16.7 Å². The van der Waals surface area contributed by atoms with Crippen molar-refractivity contribution < 1.29 is 0 Å². The van der Waals surface area contributed by atoms with E-state index in [-0.39, 0.29) is 0 Å². The van der Waals surface area contributed by atoms with Crippen LogP contribution in [0.5, 0.6) is 0 Å². The Labute approximate surface area is 227 Å². The fraction of sp³-hybridized carbons (Fsp3) is 0.0303. The summed E-state index contributed by atoms with van der Waals surface area (Å²) in [4.78, 5) is 0. The van der Waals surface area contributed by atoms with Crippen molar-refractivity contribution in [2.75, 3.05) is 0 Å². The third-order valence-electron chi connectivity index (χ3n) is 6.70. The third kappa shape index (κ3) is 4.13. The van der Waals surface area contributed by atoms with E-state index < -0.39 is 0 Å². The van der Waals surface area contributed by atoms with Crippen molar-refractivity contribution in [2.24, 2.45) is 0 Å². The van der Waals surface area contributed by atoms with Crippen molar-refractivity contribution in [3.05, 3.63) is 142 Å². The van der Waals surface area contributed by atoms with Crippen LogP contribution in [0.2, 0.25) is 0 Å². The molecule has 0 saturated heterocycles. The average Bonchev–Trinajstić information content (AvgIpc) is 3.21. The maximum absolute atomic E-state index is 4.40. The highest BCUT2D eigenvalue weighted by Crippen LogP contribution is 2.38. The fourth-order valence-corrected chi connectivity index (χ4v) is 5.74. The molecular weight excluding hydrogens is 570 g/mol. The van der Waals surface area contributed by atoms with Gasteiger partial charge in [0.1, 0.15) is 0 Å². The number of aromatic nitrogens is 1. The van der Waals surface area contributed by atoms with Crippen molar-refractivity contribution in [3.8, 4) is 5.69 Å². The molecule has 0 fully saturated rings. The number of hydrogen-bond acceptors (Lipinski definition) is 0. The zero-order valence-electron chi connectivity index (χ0n) is 19.6. The first-order valence-corrected chi connectivity index (χ1v) is 13.5. The van der Waals surface area contributed by atoms with Crippen molar-refractivity contribution in [1.82, 2.24) is 4.57 Å². The predicted molar refractivity (Wildman–Crippen MR) is 163 cm³/mol. The Morgan fingerprint density at radius 1 is 0.778 bits per heavy atom. The van der Waals surface area contributed by atoms with Gasteiger partial charge in [-0.05, 0) is 71.0 Å². The molecule has 0 N–H and O–H groups in total. The predicted octanol–water partition coefficient (Wildman–Crippen LogP) is 10.5. The van der Waals surface area contributed by atoms with Crippen molar-refractivity contribution in [3.63, 3.8) is 0 Å². The summed E-state index contributed by atoms with van der Waals surface area (Å²) >= 11 is 7.33. The lowest BCUT2D eigenvalue weighted by Gasteiger charge is -2.15. The number of benzene rings is 4. The van der Waals surface area contributed by atoms with Gasteiger partial charge >= 0.3 is 0 Å². The molecule has 1 aliphatic rings. The molecule has 1 nitrogen and oxygen atoms in total. The summed E-state index contributed by atoms with van der Waals surface area (Å²) < 4.78 is 4.53. The smallest absolute Gasteiger partial charge is 0.0542 e. The number of hydrogen-bond donors (Lipinski definition) is 0. The molecule has 1 aliphatic carbocycles. The van der Waals surface area contributed by atoms with Crippen LogP contribution in [0.3, 0.4) is 0 Å². The molecule has 0 aliphatic heterocycles. The summed E-state index contributed by atoms with van der Waals surface area (Å²) in [7, 11) is 0. The van der Waals surface area contributed by atoms with Crippen LogP contribution in [0.15, 0.2) is 136 Å². The quantitative estimate of drug-likeness (QED) is 0.183. The Balaban J connectivity index is 1.51. The van der Waals surface area contributed by atoms with E-state index in [1.807, 2.05) is 0 Å². The maximum atomic E-state index is 4.40. The topological polar surface area (TPSA) is 4.93 Å². The van der Waals surface area contributed by atoms with Gasteiger partial charge in [-0.2, -0.15) is 0 Å². The van der Waals surface area contributed by atoms with Crippen LogP contribution >= 0.6 is 31.9 Å². The molecule has 36 heavy (non-hydrogen) atoms. The van der Waals surface area contributed by atoms with Gasteiger partial charge in [0, 0.05) is 25.1 Å². The highest BCUT2D eigenvalue weighted by atomic mass is 79.9. The van der Waals surface area contributed by atoms with Crippen LogP contribution < -0.4 is 0 Å². The monoisotopic (exact) mass is 591 g/mol. The molecule has 5 aromatic rings. The van der Waals surface area contributed by atoms with E-state index in [0.29, 0.717) is 0 Å². The van der Waals surface area contributed by atoms with Crippen LogP contribution in [0.1, 0.15) is 12.0 Å². The Kier molecular flexibility index (Phi) is 6.12. The van der Waals surface area contributed by atoms with E-state index >= 15 is 0 Å². The van der Waals surface area contributed by atoms with Crippen LogP contribution in [-0.4, -0.2) is 4.57 Å². The Bertz CT molecular complexity index is 1730. The number of nitrogens with zero attached hydrogens (tertiary/aromatic N) is 1. The summed E-state index contributed by atoms with van der Waals surface area (Å²) in [5.74, 6) is 0. The summed E-state index contributed by atoms with van der Waals surface area (Å²) in [5.41, 5.74) is 6.98. The molecule has 0 radical (unpaired) electrons. The summed E-state index contributed by atoms with van der Waals surface area (Å²) in [6.45, 7) is 4.40. The molecule has 1 heterocycles. The second-order valence-electron chi connectivity index (χ2n) is 8.95. The fourth-order valence-electron chi connectivity index (χ4n) is 5.02.